The van der Waals surface area contributed by atoms with E-state index in [-0.39, 0.29) is 0 Å². The lowest BCUT2D eigenvalue weighted by atomic mass is 10.2. The van der Waals surface area contributed by atoms with Gasteiger partial charge in [0.1, 0.15) is 0 Å². The second-order valence-electron chi connectivity index (χ2n) is 3.69. The molecule has 0 fully saturated rings. The Morgan fingerprint density at radius 3 is 2.21 bits per heavy atom. The molecule has 0 aliphatic heterocycles. The van der Waals surface area contributed by atoms with E-state index in [9.17, 15) is 0 Å². The molecule has 0 aliphatic rings. The Balaban J connectivity index is 2.50. The first-order valence-electron chi connectivity index (χ1n) is 4.60. The van der Waals surface area contributed by atoms with Gasteiger partial charge in [0.2, 0.25) is 0 Å². The molecule has 0 bridgehead atoms. The van der Waals surface area contributed by atoms with Gasteiger partial charge in [-0.1, -0.05) is 37.0 Å². The number of benzene rings is 1. The van der Waals surface area contributed by atoms with Crippen molar-refractivity contribution >= 4 is 23.2 Å². The molecule has 0 heterocycles. The van der Waals surface area contributed by atoms with Gasteiger partial charge >= 0.3 is 0 Å². The number of hydrogen-bond donors (Lipinski definition) is 0. The highest BCUT2D eigenvalue weighted by molar-refractivity contribution is 6.34. The van der Waals surface area contributed by atoms with Crippen LogP contribution in [0.4, 0.5) is 0 Å². The van der Waals surface area contributed by atoms with Crippen LogP contribution in [0.25, 0.3) is 0 Å². The van der Waals surface area contributed by atoms with Gasteiger partial charge in [0.25, 0.3) is 0 Å². The summed E-state index contributed by atoms with van der Waals surface area (Å²) < 4.78 is 5.47. The van der Waals surface area contributed by atoms with Gasteiger partial charge in [0, 0.05) is 16.7 Å². The summed E-state index contributed by atoms with van der Waals surface area (Å²) in [4.78, 5) is 0. The summed E-state index contributed by atoms with van der Waals surface area (Å²) in [6, 6.07) is 5.45. The summed E-state index contributed by atoms with van der Waals surface area (Å²) in [5, 5.41) is 1.31. The molecule has 0 spiro atoms. The van der Waals surface area contributed by atoms with Crippen LogP contribution in [0.3, 0.4) is 0 Å². The van der Waals surface area contributed by atoms with E-state index < -0.39 is 0 Å². The number of hydrogen-bond acceptors (Lipinski definition) is 1. The Bertz CT molecular complexity index is 277. The van der Waals surface area contributed by atoms with Gasteiger partial charge in [-0.15, -0.1) is 0 Å². The zero-order valence-corrected chi connectivity index (χ0v) is 9.90. The largest absolute Gasteiger partial charge is 0.377 e. The molecule has 78 valence electrons. The van der Waals surface area contributed by atoms with E-state index in [1.165, 1.54) is 0 Å². The molecule has 14 heavy (non-hydrogen) atoms. The van der Waals surface area contributed by atoms with Crippen LogP contribution in [-0.4, -0.2) is 6.61 Å². The van der Waals surface area contributed by atoms with Gasteiger partial charge in [-0.25, -0.2) is 0 Å². The van der Waals surface area contributed by atoms with Crippen molar-refractivity contribution in [2.75, 3.05) is 6.61 Å². The minimum atomic E-state index is 0.546. The van der Waals surface area contributed by atoms with E-state index in [4.69, 9.17) is 27.9 Å². The molecule has 0 atom stereocenters. The summed E-state index contributed by atoms with van der Waals surface area (Å²) in [5.74, 6) is 0.546. The first kappa shape index (κ1) is 11.8. The zero-order chi connectivity index (χ0) is 10.6. The normalized spacial score (nSPS) is 10.9. The standard InChI is InChI=1S/C11H14Cl2O/c1-8(2)6-14-7-9-3-10(12)5-11(13)4-9/h3-5,8H,6-7H2,1-2H3. The van der Waals surface area contributed by atoms with Gasteiger partial charge in [-0.3, -0.25) is 0 Å². The maximum Gasteiger partial charge on any atom is 0.0718 e. The topological polar surface area (TPSA) is 9.23 Å². The monoisotopic (exact) mass is 232 g/mol. The van der Waals surface area contributed by atoms with E-state index >= 15 is 0 Å². The predicted molar refractivity (Wildman–Crippen MR) is 61.0 cm³/mol. The van der Waals surface area contributed by atoms with Crippen molar-refractivity contribution in [3.8, 4) is 0 Å². The molecule has 1 nitrogen and oxygen atoms in total. The second kappa shape index (κ2) is 5.59. The van der Waals surface area contributed by atoms with Crippen LogP contribution in [-0.2, 0) is 11.3 Å². The molecular weight excluding hydrogens is 219 g/mol. The Labute approximate surface area is 95.0 Å². The minimum absolute atomic E-state index is 0.546. The van der Waals surface area contributed by atoms with Crippen LogP contribution in [0.1, 0.15) is 19.4 Å². The molecule has 0 saturated heterocycles. The quantitative estimate of drug-likeness (QED) is 0.758. The fourth-order valence-electron chi connectivity index (χ4n) is 1.11. The maximum atomic E-state index is 5.85. The number of rotatable bonds is 4. The van der Waals surface area contributed by atoms with Crippen molar-refractivity contribution < 1.29 is 4.74 Å². The average Bonchev–Trinajstić information content (AvgIpc) is 2.01. The fourth-order valence-corrected chi connectivity index (χ4v) is 1.68. The lowest BCUT2D eigenvalue weighted by molar-refractivity contribution is 0.0971. The van der Waals surface area contributed by atoms with Gasteiger partial charge in [0.05, 0.1) is 6.61 Å². The molecule has 0 amide bonds. The Hall–Kier alpha value is -0.240. The van der Waals surface area contributed by atoms with Crippen molar-refractivity contribution in [2.45, 2.75) is 20.5 Å². The molecule has 0 N–H and O–H groups in total. The van der Waals surface area contributed by atoms with Gasteiger partial charge < -0.3 is 4.74 Å². The molecule has 0 saturated carbocycles. The third kappa shape index (κ3) is 4.32. The van der Waals surface area contributed by atoms with Crippen molar-refractivity contribution in [3.05, 3.63) is 33.8 Å². The van der Waals surface area contributed by atoms with Crippen molar-refractivity contribution in [3.63, 3.8) is 0 Å². The van der Waals surface area contributed by atoms with Crippen LogP contribution in [0.2, 0.25) is 10.0 Å². The molecule has 0 unspecified atom stereocenters. The Morgan fingerprint density at radius 1 is 1.14 bits per heavy atom. The van der Waals surface area contributed by atoms with Crippen LogP contribution in [0.5, 0.6) is 0 Å². The molecule has 1 aromatic carbocycles. The first-order chi connectivity index (χ1) is 6.58. The SMILES string of the molecule is CC(C)COCc1cc(Cl)cc(Cl)c1. The highest BCUT2D eigenvalue weighted by atomic mass is 35.5. The lowest BCUT2D eigenvalue weighted by Crippen LogP contribution is -2.01. The molecule has 0 aromatic heterocycles. The second-order valence-corrected chi connectivity index (χ2v) is 4.56. The highest BCUT2D eigenvalue weighted by Crippen LogP contribution is 2.19. The smallest absolute Gasteiger partial charge is 0.0718 e. The fraction of sp³-hybridized carbons (Fsp3) is 0.455. The van der Waals surface area contributed by atoms with Crippen LogP contribution >= 0.6 is 23.2 Å². The molecule has 0 aliphatic carbocycles. The first-order valence-corrected chi connectivity index (χ1v) is 5.36. The highest BCUT2D eigenvalue weighted by Gasteiger charge is 1.99. The summed E-state index contributed by atoms with van der Waals surface area (Å²) in [6.07, 6.45) is 0. The summed E-state index contributed by atoms with van der Waals surface area (Å²) in [6.45, 7) is 5.55. The summed E-state index contributed by atoms with van der Waals surface area (Å²) >= 11 is 11.7. The van der Waals surface area contributed by atoms with Crippen molar-refractivity contribution in [1.29, 1.82) is 0 Å². The van der Waals surface area contributed by atoms with E-state index in [2.05, 4.69) is 13.8 Å². The van der Waals surface area contributed by atoms with E-state index in [0.717, 1.165) is 12.2 Å². The third-order valence-corrected chi connectivity index (χ3v) is 2.08. The van der Waals surface area contributed by atoms with Crippen LogP contribution in [0, 0.1) is 5.92 Å². The summed E-state index contributed by atoms with van der Waals surface area (Å²) in [7, 11) is 0. The Kier molecular flexibility index (Phi) is 4.73. The van der Waals surface area contributed by atoms with E-state index in [1.807, 2.05) is 12.1 Å². The van der Waals surface area contributed by atoms with Gasteiger partial charge in [-0.2, -0.15) is 0 Å². The van der Waals surface area contributed by atoms with E-state index in [1.54, 1.807) is 6.07 Å². The van der Waals surface area contributed by atoms with Crippen molar-refractivity contribution in [1.82, 2.24) is 0 Å². The average molecular weight is 233 g/mol. The van der Waals surface area contributed by atoms with Crippen LogP contribution < -0.4 is 0 Å². The molecule has 0 radical (unpaired) electrons. The lowest BCUT2D eigenvalue weighted by Gasteiger charge is -2.07. The van der Waals surface area contributed by atoms with E-state index in [0.29, 0.717) is 22.6 Å². The molecular formula is C11H14Cl2O. The van der Waals surface area contributed by atoms with Gasteiger partial charge in [-0.05, 0) is 29.7 Å². The summed E-state index contributed by atoms with van der Waals surface area (Å²) in [5.41, 5.74) is 1.02. The zero-order valence-electron chi connectivity index (χ0n) is 8.39. The molecule has 1 aromatic rings. The number of halogens is 2. The third-order valence-electron chi connectivity index (χ3n) is 1.64. The maximum absolute atomic E-state index is 5.85. The minimum Gasteiger partial charge on any atom is -0.377 e. The number of ether oxygens (including phenoxy) is 1. The molecule has 3 heteroatoms. The Morgan fingerprint density at radius 2 is 1.71 bits per heavy atom. The predicted octanol–water partition coefficient (Wildman–Crippen LogP) is 4.17. The van der Waals surface area contributed by atoms with Crippen molar-refractivity contribution in [2.24, 2.45) is 5.92 Å². The molecule has 1 rings (SSSR count). The van der Waals surface area contributed by atoms with Gasteiger partial charge in [0.15, 0.2) is 0 Å². The van der Waals surface area contributed by atoms with Crippen LogP contribution in [0.15, 0.2) is 18.2 Å².